The van der Waals surface area contributed by atoms with Crippen LogP contribution in [0, 0.1) is 6.92 Å². The lowest BCUT2D eigenvalue weighted by molar-refractivity contribution is 0.662. The van der Waals surface area contributed by atoms with E-state index in [-0.39, 0.29) is 0 Å². The fraction of sp³-hybridized carbons (Fsp3) is 0.0847. The van der Waals surface area contributed by atoms with Crippen LogP contribution in [0.15, 0.2) is 194 Å². The quantitative estimate of drug-likeness (QED) is 0.144. The summed E-state index contributed by atoms with van der Waals surface area (Å²) in [5.41, 5.74) is 15.5. The smallest absolute Gasteiger partial charge is 0.0547 e. The molecule has 3 heteroatoms. The number of benzene rings is 9. The molecular weight excluding hydrogens is 787 g/mol. The molecule has 12 rings (SSSR count). The molecule has 0 aliphatic rings. The van der Waals surface area contributed by atoms with Crippen molar-refractivity contribution in [3.8, 4) is 39.1 Å². The summed E-state index contributed by atoms with van der Waals surface area (Å²) in [7, 11) is 0. The zero-order valence-electron chi connectivity index (χ0n) is 34.7. The van der Waals surface area contributed by atoms with Crippen LogP contribution in [-0.4, -0.2) is 4.57 Å². The molecule has 0 saturated carbocycles. The maximum Gasteiger partial charge on any atom is 0.0547 e. The number of aryl methyl sites for hydroxylation is 1. The topological polar surface area (TPSA) is 4.93 Å². The van der Waals surface area contributed by atoms with E-state index in [4.69, 9.17) is 0 Å². The number of nitrogens with zero attached hydrogens (tertiary/aromatic N) is 1. The van der Waals surface area contributed by atoms with Crippen molar-refractivity contribution in [2.24, 2.45) is 0 Å². The summed E-state index contributed by atoms with van der Waals surface area (Å²) in [5, 5.41) is 7.96. The minimum atomic E-state index is 0.338. The number of hydrogen-bond acceptors (Lipinski definition) is 2. The predicted octanol–water partition coefficient (Wildman–Crippen LogP) is 17.6. The van der Waals surface area contributed by atoms with Gasteiger partial charge in [-0.15, -0.1) is 22.7 Å². The van der Waals surface area contributed by atoms with Gasteiger partial charge in [-0.2, -0.15) is 0 Å². The zero-order chi connectivity index (χ0) is 41.3. The third-order valence-electron chi connectivity index (χ3n) is 13.2. The molecule has 0 fully saturated rings. The first-order valence-corrected chi connectivity index (χ1v) is 23.4. The first kappa shape index (κ1) is 37.0. The van der Waals surface area contributed by atoms with Gasteiger partial charge in [0.2, 0.25) is 0 Å². The molecule has 0 aliphatic carbocycles. The average Bonchev–Trinajstić information content (AvgIpc) is 4.01. The molecule has 0 bridgehead atoms. The molecule has 0 amide bonds. The number of aromatic nitrogens is 1. The van der Waals surface area contributed by atoms with Gasteiger partial charge in [0.15, 0.2) is 0 Å². The van der Waals surface area contributed by atoms with Gasteiger partial charge in [0.1, 0.15) is 0 Å². The largest absolute Gasteiger partial charge is 0.309 e. The first-order chi connectivity index (χ1) is 30.6. The van der Waals surface area contributed by atoms with Crippen molar-refractivity contribution in [1.29, 1.82) is 0 Å². The third-order valence-corrected chi connectivity index (χ3v) is 15.6. The molecular formula is C59H43NS2. The molecule has 0 radical (unpaired) electrons. The van der Waals surface area contributed by atoms with Crippen molar-refractivity contribution in [3.05, 3.63) is 211 Å². The van der Waals surface area contributed by atoms with Crippen LogP contribution in [0.3, 0.4) is 0 Å². The molecule has 3 heterocycles. The van der Waals surface area contributed by atoms with Gasteiger partial charge in [0, 0.05) is 67.9 Å². The summed E-state index contributed by atoms with van der Waals surface area (Å²) >= 11 is 3.86. The van der Waals surface area contributed by atoms with Gasteiger partial charge in [-0.1, -0.05) is 146 Å². The van der Waals surface area contributed by atoms with Crippen molar-refractivity contribution in [1.82, 2.24) is 4.57 Å². The van der Waals surface area contributed by atoms with E-state index in [0.717, 1.165) is 12.8 Å². The first-order valence-electron chi connectivity index (χ1n) is 21.7. The zero-order valence-corrected chi connectivity index (χ0v) is 36.4. The molecule has 62 heavy (non-hydrogen) atoms. The highest BCUT2D eigenvalue weighted by Gasteiger charge is 2.22. The lowest BCUT2D eigenvalue weighted by Gasteiger charge is -2.21. The number of fused-ring (bicyclic) bond motifs is 9. The van der Waals surface area contributed by atoms with Crippen LogP contribution in [0.2, 0.25) is 0 Å². The molecule has 9 aromatic carbocycles. The van der Waals surface area contributed by atoms with E-state index in [1.54, 1.807) is 0 Å². The lowest BCUT2D eigenvalue weighted by Crippen LogP contribution is -2.04. The Balaban J connectivity index is 0.967. The summed E-state index contributed by atoms with van der Waals surface area (Å²) in [6, 6.07) is 72.5. The monoisotopic (exact) mass is 829 g/mol. The van der Waals surface area contributed by atoms with Crippen molar-refractivity contribution >= 4 is 84.8 Å². The van der Waals surface area contributed by atoms with Gasteiger partial charge < -0.3 is 4.57 Å². The van der Waals surface area contributed by atoms with Gasteiger partial charge in [-0.3, -0.25) is 0 Å². The average molecular weight is 830 g/mol. The molecule has 1 atom stereocenters. The van der Waals surface area contributed by atoms with Gasteiger partial charge in [0.05, 0.1) is 11.0 Å². The van der Waals surface area contributed by atoms with Crippen LogP contribution >= 0.6 is 22.7 Å². The maximum absolute atomic E-state index is 2.55. The highest BCUT2D eigenvalue weighted by atomic mass is 32.1. The van der Waals surface area contributed by atoms with Crippen LogP contribution in [0.4, 0.5) is 0 Å². The van der Waals surface area contributed by atoms with Crippen LogP contribution in [0.1, 0.15) is 36.0 Å². The SMILES string of the molecule is CCC(Cc1ccccc1-c1cc(-c2ccc3c4ccccc4n(-c4ccccc4)c3c2)ccc1C)c1cc(-c2cccc3c2sc2ccccc23)c2sc3ccccc3c2c1. The number of thiophene rings is 2. The summed E-state index contributed by atoms with van der Waals surface area (Å²) < 4.78 is 7.86. The standard InChI is InChI=1S/C59H43NS2/c1-3-38(42-34-52-48-22-11-14-27-57(48)62-59(52)53(35-42)50-24-15-23-49-47-21-10-13-26-56(47)61-58(49)50)32-41-16-7-8-19-44(41)51-33-39(29-28-37(51)2)40-30-31-46-45-20-9-12-25-54(45)60(55(46)36-40)43-17-5-4-6-18-43/h4-31,33-36,38H,3,32H2,1-2H3. The second-order valence-electron chi connectivity index (χ2n) is 16.7. The fourth-order valence-electron chi connectivity index (χ4n) is 10.1. The van der Waals surface area contributed by atoms with Crippen molar-refractivity contribution < 1.29 is 0 Å². The summed E-state index contributed by atoms with van der Waals surface area (Å²) in [4.78, 5) is 0. The van der Waals surface area contributed by atoms with Crippen molar-refractivity contribution in [2.45, 2.75) is 32.6 Å². The van der Waals surface area contributed by atoms with E-state index in [1.165, 1.54) is 118 Å². The van der Waals surface area contributed by atoms with E-state index < -0.39 is 0 Å². The van der Waals surface area contributed by atoms with E-state index in [9.17, 15) is 0 Å². The van der Waals surface area contributed by atoms with E-state index in [1.807, 2.05) is 22.7 Å². The molecule has 296 valence electrons. The molecule has 1 unspecified atom stereocenters. The molecule has 12 aromatic rings. The Morgan fingerprint density at radius 2 is 1.05 bits per heavy atom. The number of para-hydroxylation sites is 2. The molecule has 3 aromatic heterocycles. The molecule has 0 aliphatic heterocycles. The highest BCUT2D eigenvalue weighted by molar-refractivity contribution is 7.27. The Hall–Kier alpha value is -6.78. The highest BCUT2D eigenvalue weighted by Crippen LogP contribution is 2.47. The molecule has 1 nitrogen and oxygen atoms in total. The second-order valence-corrected chi connectivity index (χ2v) is 18.8. The van der Waals surface area contributed by atoms with Gasteiger partial charge in [-0.05, 0) is 119 Å². The minimum absolute atomic E-state index is 0.338. The number of hydrogen-bond donors (Lipinski definition) is 0. The molecule has 0 N–H and O–H groups in total. The van der Waals surface area contributed by atoms with Gasteiger partial charge >= 0.3 is 0 Å². The second kappa shape index (κ2) is 15.0. The van der Waals surface area contributed by atoms with Crippen molar-refractivity contribution in [3.63, 3.8) is 0 Å². The normalized spacial score (nSPS) is 12.4. The Kier molecular flexibility index (Phi) is 8.95. The minimum Gasteiger partial charge on any atom is -0.309 e. The Bertz CT molecular complexity index is 3670. The maximum atomic E-state index is 2.55. The predicted molar refractivity (Wildman–Crippen MR) is 271 cm³/mol. The Labute approximate surface area is 369 Å². The number of rotatable bonds is 8. The van der Waals surface area contributed by atoms with Crippen LogP contribution in [0.25, 0.3) is 101 Å². The van der Waals surface area contributed by atoms with E-state index in [2.05, 4.69) is 213 Å². The third kappa shape index (κ3) is 6.02. The molecule has 0 saturated heterocycles. The van der Waals surface area contributed by atoms with Crippen LogP contribution in [-0.2, 0) is 6.42 Å². The van der Waals surface area contributed by atoms with Crippen LogP contribution < -0.4 is 0 Å². The Morgan fingerprint density at radius 1 is 0.435 bits per heavy atom. The lowest BCUT2D eigenvalue weighted by atomic mass is 9.84. The van der Waals surface area contributed by atoms with Gasteiger partial charge in [0.25, 0.3) is 0 Å². The Morgan fingerprint density at radius 3 is 1.85 bits per heavy atom. The summed E-state index contributed by atoms with van der Waals surface area (Å²) in [6.45, 7) is 4.63. The van der Waals surface area contributed by atoms with Gasteiger partial charge in [-0.25, -0.2) is 0 Å². The summed E-state index contributed by atoms with van der Waals surface area (Å²) in [6.07, 6.45) is 2.00. The molecule has 0 spiro atoms. The van der Waals surface area contributed by atoms with E-state index in [0.29, 0.717) is 5.92 Å². The fourth-order valence-corrected chi connectivity index (χ4v) is 12.5. The van der Waals surface area contributed by atoms with Crippen molar-refractivity contribution in [2.75, 3.05) is 0 Å². The summed E-state index contributed by atoms with van der Waals surface area (Å²) in [5.74, 6) is 0.338. The van der Waals surface area contributed by atoms with E-state index >= 15 is 0 Å². The van der Waals surface area contributed by atoms with Crippen LogP contribution in [0.5, 0.6) is 0 Å².